The molecule has 1 aromatic rings. The number of aryl methyl sites for hydroxylation is 1. The normalized spacial score (nSPS) is 14.5. The van der Waals surface area contributed by atoms with E-state index in [1.165, 1.54) is 12.1 Å². The third-order valence-corrected chi connectivity index (χ3v) is 3.31. The van der Waals surface area contributed by atoms with Gasteiger partial charge in [0.2, 0.25) is 5.91 Å². The number of nitrogens with zero attached hydrogens (tertiary/aromatic N) is 1. The molecule has 0 bridgehead atoms. The Kier molecular flexibility index (Phi) is 4.04. The summed E-state index contributed by atoms with van der Waals surface area (Å²) < 4.78 is 0. The first-order valence-corrected chi connectivity index (χ1v) is 6.43. The Morgan fingerprint density at radius 2 is 2.00 bits per heavy atom. The molecule has 5 heteroatoms. The first-order valence-electron chi connectivity index (χ1n) is 6.43. The van der Waals surface area contributed by atoms with Crippen LogP contribution in [0.15, 0.2) is 18.2 Å². The van der Waals surface area contributed by atoms with E-state index in [2.05, 4.69) is 5.32 Å². The molecule has 1 fully saturated rings. The van der Waals surface area contributed by atoms with Crippen LogP contribution in [0.25, 0.3) is 0 Å². The van der Waals surface area contributed by atoms with E-state index in [1.54, 1.807) is 17.9 Å². The molecule has 1 aliphatic heterocycles. The molecule has 0 spiro atoms. The summed E-state index contributed by atoms with van der Waals surface area (Å²) in [7, 11) is 0. The second-order valence-corrected chi connectivity index (χ2v) is 4.77. The first kappa shape index (κ1) is 13.4. The predicted molar refractivity (Wildman–Crippen MR) is 71.0 cm³/mol. The van der Waals surface area contributed by atoms with Gasteiger partial charge in [-0.15, -0.1) is 0 Å². The Morgan fingerprint density at radius 1 is 1.32 bits per heavy atom. The second kappa shape index (κ2) is 5.73. The number of benzene rings is 1. The number of hydrogen-bond acceptors (Lipinski definition) is 3. The average molecular weight is 262 g/mol. The van der Waals surface area contributed by atoms with E-state index in [0.717, 1.165) is 25.9 Å². The van der Waals surface area contributed by atoms with Crippen molar-refractivity contribution in [3.8, 4) is 5.75 Å². The Hall–Kier alpha value is -2.04. The van der Waals surface area contributed by atoms with E-state index in [4.69, 9.17) is 0 Å². The van der Waals surface area contributed by atoms with Crippen LogP contribution in [0.1, 0.15) is 28.8 Å². The van der Waals surface area contributed by atoms with Crippen molar-refractivity contribution in [3.05, 3.63) is 29.3 Å². The highest BCUT2D eigenvalue weighted by atomic mass is 16.3. The van der Waals surface area contributed by atoms with Crippen LogP contribution in [-0.4, -0.2) is 41.5 Å². The van der Waals surface area contributed by atoms with Gasteiger partial charge in [0, 0.05) is 18.7 Å². The van der Waals surface area contributed by atoms with Crippen LogP contribution in [-0.2, 0) is 4.79 Å². The van der Waals surface area contributed by atoms with Crippen molar-refractivity contribution in [2.24, 2.45) is 0 Å². The van der Waals surface area contributed by atoms with Gasteiger partial charge in [-0.25, -0.2) is 0 Å². The Bertz CT molecular complexity index is 493. The van der Waals surface area contributed by atoms with Crippen LogP contribution >= 0.6 is 0 Å². The van der Waals surface area contributed by atoms with Crippen LogP contribution in [0.2, 0.25) is 0 Å². The highest BCUT2D eigenvalue weighted by Crippen LogP contribution is 2.15. The zero-order valence-electron chi connectivity index (χ0n) is 11.0. The van der Waals surface area contributed by atoms with Gasteiger partial charge in [-0.2, -0.15) is 0 Å². The molecular weight excluding hydrogens is 244 g/mol. The lowest BCUT2D eigenvalue weighted by Crippen LogP contribution is -2.38. The molecule has 1 aromatic carbocycles. The lowest BCUT2D eigenvalue weighted by molar-refractivity contribution is -0.129. The number of aromatic hydroxyl groups is 1. The molecule has 2 N–H and O–H groups in total. The van der Waals surface area contributed by atoms with Crippen molar-refractivity contribution in [2.75, 3.05) is 19.6 Å². The molecule has 0 unspecified atom stereocenters. The van der Waals surface area contributed by atoms with Gasteiger partial charge in [0.25, 0.3) is 5.91 Å². The van der Waals surface area contributed by atoms with Gasteiger partial charge in [0.1, 0.15) is 5.75 Å². The van der Waals surface area contributed by atoms with E-state index >= 15 is 0 Å². The summed E-state index contributed by atoms with van der Waals surface area (Å²) in [6, 6.07) is 4.54. The smallest absolute Gasteiger partial charge is 0.251 e. The highest BCUT2D eigenvalue weighted by molar-refractivity contribution is 5.97. The minimum atomic E-state index is -0.287. The highest BCUT2D eigenvalue weighted by Gasteiger charge is 2.18. The molecule has 0 radical (unpaired) electrons. The summed E-state index contributed by atoms with van der Waals surface area (Å²) in [5.41, 5.74) is 1.16. The molecule has 0 aliphatic carbocycles. The summed E-state index contributed by atoms with van der Waals surface area (Å²) in [6.07, 6.45) is 2.08. The molecule has 102 valence electrons. The van der Waals surface area contributed by atoms with Gasteiger partial charge in [-0.1, -0.05) is 0 Å². The van der Waals surface area contributed by atoms with Gasteiger partial charge < -0.3 is 15.3 Å². The van der Waals surface area contributed by atoms with Crippen molar-refractivity contribution >= 4 is 11.8 Å². The summed E-state index contributed by atoms with van der Waals surface area (Å²) >= 11 is 0. The largest absolute Gasteiger partial charge is 0.508 e. The molecule has 1 saturated heterocycles. The van der Waals surface area contributed by atoms with E-state index in [0.29, 0.717) is 11.1 Å². The van der Waals surface area contributed by atoms with E-state index < -0.39 is 0 Å². The standard InChI is InChI=1S/C14H18N2O3/c1-10-8-11(17)4-5-12(10)14(19)15-9-13(18)16-6-2-3-7-16/h4-5,8,17H,2-3,6-7,9H2,1H3,(H,15,19). The third-order valence-electron chi connectivity index (χ3n) is 3.31. The molecule has 5 nitrogen and oxygen atoms in total. The Morgan fingerprint density at radius 3 is 2.63 bits per heavy atom. The zero-order valence-corrected chi connectivity index (χ0v) is 11.0. The maximum atomic E-state index is 11.9. The van der Waals surface area contributed by atoms with E-state index in [-0.39, 0.29) is 24.1 Å². The lowest BCUT2D eigenvalue weighted by atomic mass is 10.1. The quantitative estimate of drug-likeness (QED) is 0.855. The zero-order chi connectivity index (χ0) is 13.8. The van der Waals surface area contributed by atoms with Gasteiger partial charge in [-0.05, 0) is 43.5 Å². The minimum absolute atomic E-state index is 0.0269. The molecule has 2 amide bonds. The minimum Gasteiger partial charge on any atom is -0.508 e. The maximum absolute atomic E-state index is 11.9. The molecule has 0 saturated carbocycles. The van der Waals surface area contributed by atoms with E-state index in [9.17, 15) is 14.7 Å². The average Bonchev–Trinajstić information content (AvgIpc) is 2.89. The number of hydrogen-bond donors (Lipinski definition) is 2. The fourth-order valence-corrected chi connectivity index (χ4v) is 2.23. The summed E-state index contributed by atoms with van der Waals surface area (Å²) in [5, 5.41) is 11.9. The number of rotatable bonds is 3. The summed E-state index contributed by atoms with van der Waals surface area (Å²) in [5.74, 6) is -0.200. The summed E-state index contributed by atoms with van der Waals surface area (Å²) in [4.78, 5) is 25.5. The second-order valence-electron chi connectivity index (χ2n) is 4.77. The fourth-order valence-electron chi connectivity index (χ4n) is 2.23. The molecule has 19 heavy (non-hydrogen) atoms. The van der Waals surface area contributed by atoms with Gasteiger partial charge in [-0.3, -0.25) is 9.59 Å². The topological polar surface area (TPSA) is 69.6 Å². The monoisotopic (exact) mass is 262 g/mol. The SMILES string of the molecule is Cc1cc(O)ccc1C(=O)NCC(=O)N1CCCC1. The van der Waals surface area contributed by atoms with Gasteiger partial charge >= 0.3 is 0 Å². The molecular formula is C14H18N2O3. The van der Waals surface area contributed by atoms with Crippen LogP contribution in [0, 0.1) is 6.92 Å². The van der Waals surface area contributed by atoms with Gasteiger partial charge in [0.15, 0.2) is 0 Å². The van der Waals surface area contributed by atoms with Crippen molar-refractivity contribution in [1.82, 2.24) is 10.2 Å². The van der Waals surface area contributed by atoms with E-state index in [1.807, 2.05) is 0 Å². The number of carbonyl (C=O) groups excluding carboxylic acids is 2. The Balaban J connectivity index is 1.92. The van der Waals surface area contributed by atoms with Crippen LogP contribution in [0.4, 0.5) is 0 Å². The molecule has 2 rings (SSSR count). The number of amides is 2. The van der Waals surface area contributed by atoms with Crippen LogP contribution in [0.3, 0.4) is 0 Å². The number of phenolic OH excluding ortho intramolecular Hbond substituents is 1. The number of carbonyl (C=O) groups is 2. The lowest BCUT2D eigenvalue weighted by Gasteiger charge is -2.15. The Labute approximate surface area is 112 Å². The van der Waals surface area contributed by atoms with Crippen molar-refractivity contribution < 1.29 is 14.7 Å². The predicted octanol–water partition coefficient (Wildman–Crippen LogP) is 1.05. The van der Waals surface area contributed by atoms with Crippen molar-refractivity contribution in [1.29, 1.82) is 0 Å². The van der Waals surface area contributed by atoms with Crippen molar-refractivity contribution in [3.63, 3.8) is 0 Å². The fraction of sp³-hybridized carbons (Fsp3) is 0.429. The van der Waals surface area contributed by atoms with Crippen molar-refractivity contribution in [2.45, 2.75) is 19.8 Å². The summed E-state index contributed by atoms with van der Waals surface area (Å²) in [6.45, 7) is 3.34. The number of likely N-dealkylation sites (tertiary alicyclic amines) is 1. The number of nitrogens with one attached hydrogen (secondary N) is 1. The maximum Gasteiger partial charge on any atom is 0.251 e. The van der Waals surface area contributed by atoms with Crippen LogP contribution in [0.5, 0.6) is 5.75 Å². The molecule has 1 heterocycles. The molecule has 0 aromatic heterocycles. The van der Waals surface area contributed by atoms with Gasteiger partial charge in [0.05, 0.1) is 6.54 Å². The first-order chi connectivity index (χ1) is 9.08. The molecule has 1 aliphatic rings. The van der Waals surface area contributed by atoms with Crippen LogP contribution < -0.4 is 5.32 Å². The molecule has 0 atom stereocenters. The number of phenols is 1. The third kappa shape index (κ3) is 3.24.